The molecule has 1 heterocycles. The average Bonchev–Trinajstić information content (AvgIpc) is 2.43. The van der Waals surface area contributed by atoms with Gasteiger partial charge in [0.15, 0.2) is 0 Å². The summed E-state index contributed by atoms with van der Waals surface area (Å²) in [6, 6.07) is 5.33. The molecule has 0 aliphatic carbocycles. The van der Waals surface area contributed by atoms with Gasteiger partial charge in [-0.05, 0) is 30.7 Å². The van der Waals surface area contributed by atoms with Gasteiger partial charge in [0.1, 0.15) is 6.04 Å². The fourth-order valence-electron chi connectivity index (χ4n) is 1.69. The summed E-state index contributed by atoms with van der Waals surface area (Å²) in [5.41, 5.74) is 1.92. The zero-order valence-electron chi connectivity index (χ0n) is 8.71. The third-order valence-electron chi connectivity index (χ3n) is 2.35. The van der Waals surface area contributed by atoms with Crippen LogP contribution >= 0.6 is 15.9 Å². The highest BCUT2D eigenvalue weighted by Gasteiger charge is 2.30. The molecular formula is C11H11BrN2O2. The smallest absolute Gasteiger partial charge is 0.249 e. The van der Waals surface area contributed by atoms with Crippen LogP contribution in [-0.4, -0.2) is 17.9 Å². The Morgan fingerprint density at radius 1 is 1.38 bits per heavy atom. The number of imide groups is 1. The first-order valence-electron chi connectivity index (χ1n) is 4.92. The maximum Gasteiger partial charge on any atom is 0.249 e. The summed E-state index contributed by atoms with van der Waals surface area (Å²) >= 11 is 3.38. The lowest BCUT2D eigenvalue weighted by molar-refractivity contribution is -0.124. The molecule has 5 heteroatoms. The topological polar surface area (TPSA) is 58.2 Å². The normalized spacial score (nSPS) is 19.8. The second-order valence-corrected chi connectivity index (χ2v) is 4.75. The van der Waals surface area contributed by atoms with Crippen molar-refractivity contribution in [1.82, 2.24) is 5.32 Å². The maximum atomic E-state index is 11.4. The minimum Gasteiger partial charge on any atom is -0.373 e. The first-order valence-corrected chi connectivity index (χ1v) is 5.71. The molecule has 0 bridgehead atoms. The molecule has 1 aliphatic rings. The summed E-state index contributed by atoms with van der Waals surface area (Å²) in [6.07, 6.45) is 0.199. The Balaban J connectivity index is 2.15. The van der Waals surface area contributed by atoms with Crippen LogP contribution in [0.2, 0.25) is 0 Å². The molecule has 1 unspecified atom stereocenters. The number of carbonyl (C=O) groups is 2. The lowest BCUT2D eigenvalue weighted by atomic mass is 10.2. The molecular weight excluding hydrogens is 272 g/mol. The highest BCUT2D eigenvalue weighted by Crippen LogP contribution is 2.20. The van der Waals surface area contributed by atoms with Crippen LogP contribution < -0.4 is 10.6 Å². The Morgan fingerprint density at radius 3 is 2.69 bits per heavy atom. The minimum atomic E-state index is -0.457. The van der Waals surface area contributed by atoms with E-state index in [0.29, 0.717) is 0 Å². The molecule has 1 saturated heterocycles. The van der Waals surface area contributed by atoms with Gasteiger partial charge in [-0.1, -0.05) is 15.9 Å². The van der Waals surface area contributed by atoms with Crippen LogP contribution in [0.5, 0.6) is 0 Å². The van der Waals surface area contributed by atoms with Crippen molar-refractivity contribution in [3.05, 3.63) is 28.2 Å². The lowest BCUT2D eigenvalue weighted by Gasteiger charge is -2.11. The fraction of sp³-hybridized carbons (Fsp3) is 0.273. The number of aryl methyl sites for hydroxylation is 1. The molecule has 4 nitrogen and oxygen atoms in total. The molecule has 0 spiro atoms. The van der Waals surface area contributed by atoms with Crippen molar-refractivity contribution in [3.8, 4) is 0 Å². The van der Waals surface area contributed by atoms with Crippen LogP contribution in [0.25, 0.3) is 0 Å². The van der Waals surface area contributed by atoms with Crippen LogP contribution in [0.3, 0.4) is 0 Å². The molecule has 1 atom stereocenters. The molecule has 1 aromatic carbocycles. The molecule has 0 radical (unpaired) electrons. The second-order valence-electron chi connectivity index (χ2n) is 3.83. The van der Waals surface area contributed by atoms with Gasteiger partial charge in [-0.15, -0.1) is 0 Å². The van der Waals surface area contributed by atoms with E-state index in [4.69, 9.17) is 0 Å². The van der Waals surface area contributed by atoms with Crippen molar-refractivity contribution in [2.24, 2.45) is 0 Å². The molecule has 0 aromatic heterocycles. The van der Waals surface area contributed by atoms with Crippen LogP contribution in [0.4, 0.5) is 5.69 Å². The summed E-state index contributed by atoms with van der Waals surface area (Å²) in [7, 11) is 0. The highest BCUT2D eigenvalue weighted by atomic mass is 79.9. The van der Waals surface area contributed by atoms with E-state index in [1.165, 1.54) is 0 Å². The Morgan fingerprint density at radius 2 is 2.12 bits per heavy atom. The molecule has 0 saturated carbocycles. The Labute approximate surface area is 102 Å². The molecule has 2 N–H and O–H groups in total. The van der Waals surface area contributed by atoms with E-state index < -0.39 is 6.04 Å². The molecule has 16 heavy (non-hydrogen) atoms. The first-order chi connectivity index (χ1) is 7.54. The van der Waals surface area contributed by atoms with E-state index in [0.717, 1.165) is 15.7 Å². The summed E-state index contributed by atoms with van der Waals surface area (Å²) in [5.74, 6) is -0.489. The van der Waals surface area contributed by atoms with E-state index in [1.54, 1.807) is 0 Å². The summed E-state index contributed by atoms with van der Waals surface area (Å²) in [6.45, 7) is 1.97. The second kappa shape index (κ2) is 4.25. The largest absolute Gasteiger partial charge is 0.373 e. The quantitative estimate of drug-likeness (QED) is 0.810. The zero-order chi connectivity index (χ0) is 11.7. The average molecular weight is 283 g/mol. The Bertz CT molecular complexity index is 439. The first kappa shape index (κ1) is 11.1. The van der Waals surface area contributed by atoms with Crippen LogP contribution in [0.1, 0.15) is 12.0 Å². The van der Waals surface area contributed by atoms with Crippen LogP contribution in [0, 0.1) is 6.92 Å². The Kier molecular flexibility index (Phi) is 2.96. The summed E-state index contributed by atoms with van der Waals surface area (Å²) in [4.78, 5) is 22.4. The van der Waals surface area contributed by atoms with E-state index in [-0.39, 0.29) is 18.2 Å². The number of rotatable bonds is 2. The van der Waals surface area contributed by atoms with Crippen LogP contribution in [-0.2, 0) is 9.59 Å². The molecule has 2 amide bonds. The van der Waals surface area contributed by atoms with Crippen molar-refractivity contribution in [1.29, 1.82) is 0 Å². The molecule has 1 fully saturated rings. The lowest BCUT2D eigenvalue weighted by Crippen LogP contribution is -2.30. The number of benzene rings is 1. The molecule has 84 valence electrons. The number of halogens is 1. The van der Waals surface area contributed by atoms with Crippen molar-refractivity contribution >= 4 is 33.4 Å². The zero-order valence-corrected chi connectivity index (χ0v) is 10.3. The van der Waals surface area contributed by atoms with Crippen LogP contribution in [0.15, 0.2) is 22.7 Å². The van der Waals surface area contributed by atoms with E-state index >= 15 is 0 Å². The Hall–Kier alpha value is -1.36. The standard InChI is InChI=1S/C11H11BrN2O2/c1-6-2-7(12)4-8(3-6)13-9-5-10(15)14-11(9)16/h2-4,9,13H,5H2,1H3,(H,14,15,16). The van der Waals surface area contributed by atoms with Crippen molar-refractivity contribution in [2.75, 3.05) is 5.32 Å². The highest BCUT2D eigenvalue weighted by molar-refractivity contribution is 9.10. The van der Waals surface area contributed by atoms with Crippen molar-refractivity contribution in [2.45, 2.75) is 19.4 Å². The van der Waals surface area contributed by atoms with Gasteiger partial charge in [-0.3, -0.25) is 14.9 Å². The molecule has 2 rings (SSSR count). The summed E-state index contributed by atoms with van der Waals surface area (Å²) < 4.78 is 0.944. The van der Waals surface area contributed by atoms with Gasteiger partial charge in [0.25, 0.3) is 0 Å². The summed E-state index contributed by atoms with van der Waals surface area (Å²) in [5, 5.41) is 5.30. The number of hydrogen-bond acceptors (Lipinski definition) is 3. The monoisotopic (exact) mass is 282 g/mol. The number of anilines is 1. The fourth-order valence-corrected chi connectivity index (χ4v) is 2.30. The van der Waals surface area contributed by atoms with Crippen molar-refractivity contribution < 1.29 is 9.59 Å². The maximum absolute atomic E-state index is 11.4. The van der Waals surface area contributed by atoms with Gasteiger partial charge < -0.3 is 5.32 Å². The number of nitrogens with one attached hydrogen (secondary N) is 2. The molecule has 1 aliphatic heterocycles. The third-order valence-corrected chi connectivity index (χ3v) is 2.81. The van der Waals surface area contributed by atoms with Gasteiger partial charge >= 0.3 is 0 Å². The number of amides is 2. The third kappa shape index (κ3) is 2.41. The van der Waals surface area contributed by atoms with Gasteiger partial charge in [0, 0.05) is 10.2 Å². The predicted octanol–water partition coefficient (Wildman–Crippen LogP) is 1.58. The van der Waals surface area contributed by atoms with Crippen molar-refractivity contribution in [3.63, 3.8) is 0 Å². The minimum absolute atomic E-state index is 0.199. The van der Waals surface area contributed by atoms with Gasteiger partial charge in [-0.2, -0.15) is 0 Å². The number of carbonyl (C=O) groups excluding carboxylic acids is 2. The van der Waals surface area contributed by atoms with Gasteiger partial charge in [0.2, 0.25) is 11.8 Å². The SMILES string of the molecule is Cc1cc(Br)cc(NC2CC(=O)NC2=O)c1. The van der Waals surface area contributed by atoms with E-state index in [1.807, 2.05) is 25.1 Å². The van der Waals surface area contributed by atoms with E-state index in [2.05, 4.69) is 26.6 Å². The van der Waals surface area contributed by atoms with Gasteiger partial charge in [-0.25, -0.2) is 0 Å². The predicted molar refractivity (Wildman–Crippen MR) is 64.1 cm³/mol. The van der Waals surface area contributed by atoms with E-state index in [9.17, 15) is 9.59 Å². The molecule has 1 aromatic rings. The van der Waals surface area contributed by atoms with Gasteiger partial charge in [0.05, 0.1) is 6.42 Å². The number of hydrogen-bond donors (Lipinski definition) is 2.